The van der Waals surface area contributed by atoms with Crippen LogP contribution in [0.25, 0.3) is 0 Å². The lowest BCUT2D eigenvalue weighted by Gasteiger charge is -2.14. The molecular formula is C13H15BrN2O3. The van der Waals surface area contributed by atoms with E-state index in [4.69, 9.17) is 0 Å². The van der Waals surface area contributed by atoms with Gasteiger partial charge in [-0.15, -0.1) is 0 Å². The van der Waals surface area contributed by atoms with E-state index in [0.717, 1.165) is 0 Å². The third-order valence-electron chi connectivity index (χ3n) is 2.99. The van der Waals surface area contributed by atoms with Crippen molar-refractivity contribution in [3.63, 3.8) is 0 Å². The summed E-state index contributed by atoms with van der Waals surface area (Å²) in [5.74, 6) is -0.771. The van der Waals surface area contributed by atoms with Crippen LogP contribution >= 0.6 is 15.9 Å². The third-order valence-corrected chi connectivity index (χ3v) is 3.68. The number of likely N-dealkylation sites (tertiary alicyclic amines) is 1. The standard InChI is InChI=1S/C13H15BrN2O3/c14-11-4-2-1-3-10(11)13(19)15-12(18)8-16-6-5-9(17)7-16/h1-4,9,17H,5-8H2,(H,15,18,19)/t9-/m1/s1. The quantitative estimate of drug-likeness (QED) is 0.861. The highest BCUT2D eigenvalue weighted by atomic mass is 79.9. The predicted molar refractivity (Wildman–Crippen MR) is 73.7 cm³/mol. The number of benzene rings is 1. The molecule has 1 fully saturated rings. The van der Waals surface area contributed by atoms with Gasteiger partial charge in [0, 0.05) is 17.6 Å². The smallest absolute Gasteiger partial charge is 0.259 e. The number of nitrogens with zero attached hydrogens (tertiary/aromatic N) is 1. The summed E-state index contributed by atoms with van der Waals surface area (Å²) in [6.45, 7) is 1.29. The molecule has 1 aliphatic rings. The summed E-state index contributed by atoms with van der Waals surface area (Å²) in [4.78, 5) is 25.4. The number of aliphatic hydroxyl groups is 1. The largest absolute Gasteiger partial charge is 0.392 e. The van der Waals surface area contributed by atoms with Crippen molar-refractivity contribution in [2.24, 2.45) is 0 Å². The van der Waals surface area contributed by atoms with Crippen molar-refractivity contribution in [3.8, 4) is 0 Å². The Bertz CT molecular complexity index is 493. The number of hydrogen-bond acceptors (Lipinski definition) is 4. The number of carbonyl (C=O) groups is 2. The van der Waals surface area contributed by atoms with Crippen LogP contribution in [0.1, 0.15) is 16.8 Å². The number of rotatable bonds is 3. The van der Waals surface area contributed by atoms with Crippen molar-refractivity contribution in [2.75, 3.05) is 19.6 Å². The minimum absolute atomic E-state index is 0.132. The molecule has 2 N–H and O–H groups in total. The highest BCUT2D eigenvalue weighted by molar-refractivity contribution is 9.10. The average molecular weight is 327 g/mol. The van der Waals surface area contributed by atoms with Crippen molar-refractivity contribution in [1.29, 1.82) is 0 Å². The first-order valence-electron chi connectivity index (χ1n) is 6.05. The van der Waals surface area contributed by atoms with Gasteiger partial charge in [-0.2, -0.15) is 0 Å². The molecule has 1 aromatic carbocycles. The number of β-amino-alcohol motifs (C(OH)–C–C–N with tert-alkyl or cyclic N) is 1. The second-order valence-electron chi connectivity index (χ2n) is 4.53. The van der Waals surface area contributed by atoms with Crippen molar-refractivity contribution in [1.82, 2.24) is 10.2 Å². The van der Waals surface area contributed by atoms with Crippen molar-refractivity contribution in [2.45, 2.75) is 12.5 Å². The van der Waals surface area contributed by atoms with Crippen LogP contribution in [0.3, 0.4) is 0 Å². The van der Waals surface area contributed by atoms with Gasteiger partial charge in [-0.3, -0.25) is 19.8 Å². The molecule has 1 aromatic rings. The van der Waals surface area contributed by atoms with Crippen molar-refractivity contribution in [3.05, 3.63) is 34.3 Å². The molecule has 0 bridgehead atoms. The van der Waals surface area contributed by atoms with Crippen molar-refractivity contribution >= 4 is 27.7 Å². The summed E-state index contributed by atoms with van der Waals surface area (Å²) < 4.78 is 0.650. The zero-order valence-corrected chi connectivity index (χ0v) is 11.9. The number of amides is 2. The maximum atomic E-state index is 11.9. The van der Waals surface area contributed by atoms with E-state index in [9.17, 15) is 14.7 Å². The molecule has 2 rings (SSSR count). The van der Waals surface area contributed by atoms with E-state index < -0.39 is 5.91 Å². The van der Waals surface area contributed by atoms with Crippen LogP contribution in [0, 0.1) is 0 Å². The Morgan fingerprint density at radius 1 is 1.42 bits per heavy atom. The first-order chi connectivity index (χ1) is 9.06. The third kappa shape index (κ3) is 3.86. The maximum Gasteiger partial charge on any atom is 0.259 e. The van der Waals surface area contributed by atoms with E-state index in [0.29, 0.717) is 29.5 Å². The summed E-state index contributed by atoms with van der Waals surface area (Å²) in [6, 6.07) is 6.93. The summed E-state index contributed by atoms with van der Waals surface area (Å²) >= 11 is 3.27. The zero-order valence-electron chi connectivity index (χ0n) is 10.3. The average Bonchev–Trinajstić information content (AvgIpc) is 2.74. The van der Waals surface area contributed by atoms with Crippen LogP contribution in [0.15, 0.2) is 28.7 Å². The van der Waals surface area contributed by atoms with Gasteiger partial charge in [0.25, 0.3) is 5.91 Å². The highest BCUT2D eigenvalue weighted by Crippen LogP contribution is 2.15. The molecule has 0 saturated carbocycles. The summed E-state index contributed by atoms with van der Waals surface area (Å²) in [5.41, 5.74) is 0.428. The SMILES string of the molecule is O=C(CN1CC[C@@H](O)C1)NC(=O)c1ccccc1Br. The molecule has 6 heteroatoms. The number of imide groups is 1. The van der Waals surface area contributed by atoms with Crippen LogP contribution in [-0.2, 0) is 4.79 Å². The summed E-state index contributed by atoms with van der Waals surface area (Å²) in [7, 11) is 0. The normalized spacial score (nSPS) is 19.4. The number of nitrogens with one attached hydrogen (secondary N) is 1. The van der Waals surface area contributed by atoms with Gasteiger partial charge in [0.2, 0.25) is 5.91 Å². The lowest BCUT2D eigenvalue weighted by molar-refractivity contribution is -0.121. The molecule has 0 radical (unpaired) electrons. The summed E-state index contributed by atoms with van der Waals surface area (Å²) in [5, 5.41) is 11.7. The first-order valence-corrected chi connectivity index (χ1v) is 6.84. The fourth-order valence-electron chi connectivity index (χ4n) is 2.04. The monoisotopic (exact) mass is 326 g/mol. The molecule has 0 aromatic heterocycles. The first kappa shape index (κ1) is 14.2. The van der Waals surface area contributed by atoms with Gasteiger partial charge in [-0.25, -0.2) is 0 Å². The van der Waals surface area contributed by atoms with Crippen molar-refractivity contribution < 1.29 is 14.7 Å². The molecule has 1 heterocycles. The maximum absolute atomic E-state index is 11.9. The number of halogens is 1. The van der Waals surface area contributed by atoms with E-state index in [1.165, 1.54) is 0 Å². The fraction of sp³-hybridized carbons (Fsp3) is 0.385. The Balaban J connectivity index is 1.89. The summed E-state index contributed by atoms with van der Waals surface area (Å²) in [6.07, 6.45) is 0.303. The van der Waals surface area contributed by atoms with Crippen LogP contribution in [0.4, 0.5) is 0 Å². The molecule has 19 heavy (non-hydrogen) atoms. The molecule has 1 aliphatic heterocycles. The van der Waals surface area contributed by atoms with Gasteiger partial charge >= 0.3 is 0 Å². The van der Waals surface area contributed by atoms with E-state index in [-0.39, 0.29) is 18.6 Å². The van der Waals surface area contributed by atoms with Gasteiger partial charge in [0.05, 0.1) is 18.2 Å². The highest BCUT2D eigenvalue weighted by Gasteiger charge is 2.23. The molecular weight excluding hydrogens is 312 g/mol. The zero-order chi connectivity index (χ0) is 13.8. The lowest BCUT2D eigenvalue weighted by Crippen LogP contribution is -2.39. The second kappa shape index (κ2) is 6.27. The van der Waals surface area contributed by atoms with Crippen LogP contribution in [-0.4, -0.2) is 47.6 Å². The molecule has 0 spiro atoms. The Hall–Kier alpha value is -1.24. The Morgan fingerprint density at radius 2 is 2.16 bits per heavy atom. The fourth-order valence-corrected chi connectivity index (χ4v) is 2.50. The number of carbonyl (C=O) groups excluding carboxylic acids is 2. The Labute approximate surface area is 119 Å². The minimum Gasteiger partial charge on any atom is -0.392 e. The van der Waals surface area contributed by atoms with E-state index in [1.54, 1.807) is 24.3 Å². The number of hydrogen-bond donors (Lipinski definition) is 2. The molecule has 2 amide bonds. The van der Waals surface area contributed by atoms with Crippen LogP contribution in [0.5, 0.6) is 0 Å². The second-order valence-corrected chi connectivity index (χ2v) is 5.39. The Kier molecular flexibility index (Phi) is 4.68. The van der Waals surface area contributed by atoms with Gasteiger partial charge < -0.3 is 5.11 Å². The molecule has 102 valence electrons. The van der Waals surface area contributed by atoms with Gasteiger partial charge in [0.15, 0.2) is 0 Å². The minimum atomic E-state index is -0.419. The van der Waals surface area contributed by atoms with Gasteiger partial charge in [0.1, 0.15) is 0 Å². The topological polar surface area (TPSA) is 69.6 Å². The Morgan fingerprint density at radius 3 is 2.79 bits per heavy atom. The van der Waals surface area contributed by atoms with Crippen LogP contribution in [0.2, 0.25) is 0 Å². The number of aliphatic hydroxyl groups excluding tert-OH is 1. The predicted octanol–water partition coefficient (Wildman–Crippen LogP) is 0.772. The van der Waals surface area contributed by atoms with Gasteiger partial charge in [-0.1, -0.05) is 12.1 Å². The molecule has 5 nitrogen and oxygen atoms in total. The molecule has 0 unspecified atom stereocenters. The van der Waals surface area contributed by atoms with E-state index >= 15 is 0 Å². The van der Waals surface area contributed by atoms with Crippen LogP contribution < -0.4 is 5.32 Å². The molecule has 1 saturated heterocycles. The lowest BCUT2D eigenvalue weighted by atomic mass is 10.2. The molecule has 1 atom stereocenters. The van der Waals surface area contributed by atoms with E-state index in [2.05, 4.69) is 21.2 Å². The van der Waals surface area contributed by atoms with E-state index in [1.807, 2.05) is 4.90 Å². The van der Waals surface area contributed by atoms with Gasteiger partial charge in [-0.05, 0) is 34.5 Å². The molecule has 0 aliphatic carbocycles.